The van der Waals surface area contributed by atoms with Crippen molar-refractivity contribution in [1.82, 2.24) is 10.6 Å². The summed E-state index contributed by atoms with van der Waals surface area (Å²) in [7, 11) is 1.88. The van der Waals surface area contributed by atoms with Crippen LogP contribution in [0.4, 0.5) is 4.39 Å². The molecular weight excluding hydrogens is 363 g/mol. The molecule has 0 spiro atoms. The zero-order valence-corrected chi connectivity index (χ0v) is 16.3. The van der Waals surface area contributed by atoms with Crippen molar-refractivity contribution < 1.29 is 37.6 Å². The van der Waals surface area contributed by atoms with E-state index in [1.807, 2.05) is 7.05 Å². The third-order valence-corrected chi connectivity index (χ3v) is 3.08. The van der Waals surface area contributed by atoms with Crippen LogP contribution in [0.3, 0.4) is 0 Å². The molecule has 1 amide bonds. The highest BCUT2D eigenvalue weighted by Gasteiger charge is 2.04. The largest absolute Gasteiger partial charge is 0.378 e. The van der Waals surface area contributed by atoms with E-state index in [-0.39, 0.29) is 13.2 Å². The highest BCUT2D eigenvalue weighted by atomic mass is 19.1. The van der Waals surface area contributed by atoms with Crippen LogP contribution >= 0.6 is 0 Å². The van der Waals surface area contributed by atoms with Crippen molar-refractivity contribution in [2.75, 3.05) is 99.4 Å². The number of carbonyl (C=O) groups is 1. The standard InChI is InChI=1S/C17H35FN2O7/c1-19-2-3-22-4-5-23-6-7-24-8-9-25-10-11-26-12-13-27-15-17(18)14-20-16-21/h16-17,19H,2-15H2,1H3,(H,20,21). The number of ether oxygens (including phenoxy) is 6. The van der Waals surface area contributed by atoms with Crippen molar-refractivity contribution >= 4 is 6.41 Å². The lowest BCUT2D eigenvalue weighted by Crippen LogP contribution is -2.26. The fourth-order valence-corrected chi connectivity index (χ4v) is 1.72. The van der Waals surface area contributed by atoms with Gasteiger partial charge in [0.15, 0.2) is 0 Å². The van der Waals surface area contributed by atoms with Gasteiger partial charge in [0.2, 0.25) is 6.41 Å². The van der Waals surface area contributed by atoms with Crippen molar-refractivity contribution in [3.05, 3.63) is 0 Å². The Morgan fingerprint density at radius 3 is 1.56 bits per heavy atom. The van der Waals surface area contributed by atoms with Gasteiger partial charge in [-0.15, -0.1) is 0 Å². The van der Waals surface area contributed by atoms with Gasteiger partial charge in [0.1, 0.15) is 6.17 Å². The van der Waals surface area contributed by atoms with Crippen molar-refractivity contribution in [2.24, 2.45) is 0 Å². The summed E-state index contributed by atoms with van der Waals surface area (Å²) in [5.41, 5.74) is 0. The normalized spacial score (nSPS) is 12.2. The Bertz CT molecular complexity index is 304. The van der Waals surface area contributed by atoms with Crippen LogP contribution in [0.2, 0.25) is 0 Å². The maximum absolute atomic E-state index is 13.1. The van der Waals surface area contributed by atoms with Gasteiger partial charge < -0.3 is 39.1 Å². The molecule has 0 aromatic rings. The van der Waals surface area contributed by atoms with Crippen LogP contribution in [0.25, 0.3) is 0 Å². The smallest absolute Gasteiger partial charge is 0.207 e. The highest BCUT2D eigenvalue weighted by molar-refractivity contribution is 5.45. The zero-order valence-electron chi connectivity index (χ0n) is 16.3. The topological polar surface area (TPSA) is 96.5 Å². The second-order valence-electron chi connectivity index (χ2n) is 5.36. The SMILES string of the molecule is CNCCOCCOCCOCCOCCOCCOCC(F)CNC=O. The Morgan fingerprint density at radius 1 is 0.741 bits per heavy atom. The van der Waals surface area contributed by atoms with Gasteiger partial charge in [0.05, 0.1) is 85.8 Å². The molecule has 0 radical (unpaired) electrons. The third kappa shape index (κ3) is 23.1. The highest BCUT2D eigenvalue weighted by Crippen LogP contribution is 1.90. The number of likely N-dealkylation sites (N-methyl/N-ethyl adjacent to an activating group) is 1. The average molecular weight is 398 g/mol. The van der Waals surface area contributed by atoms with E-state index in [2.05, 4.69) is 10.6 Å². The van der Waals surface area contributed by atoms with Crippen LogP contribution in [-0.4, -0.2) is 112 Å². The number of halogens is 1. The van der Waals surface area contributed by atoms with Crippen molar-refractivity contribution in [3.63, 3.8) is 0 Å². The number of rotatable bonds is 23. The minimum atomic E-state index is -1.21. The molecule has 0 saturated heterocycles. The predicted molar refractivity (Wildman–Crippen MR) is 97.8 cm³/mol. The summed E-state index contributed by atoms with van der Waals surface area (Å²) >= 11 is 0. The molecule has 0 heterocycles. The molecule has 162 valence electrons. The lowest BCUT2D eigenvalue weighted by atomic mass is 10.4. The molecule has 1 atom stereocenters. The van der Waals surface area contributed by atoms with E-state index >= 15 is 0 Å². The summed E-state index contributed by atoms with van der Waals surface area (Å²) in [4.78, 5) is 9.99. The van der Waals surface area contributed by atoms with Gasteiger partial charge in [-0.1, -0.05) is 0 Å². The van der Waals surface area contributed by atoms with Gasteiger partial charge in [-0.05, 0) is 7.05 Å². The molecule has 0 rings (SSSR count). The minimum Gasteiger partial charge on any atom is -0.378 e. The number of amides is 1. The molecule has 10 heteroatoms. The van der Waals surface area contributed by atoms with E-state index in [1.54, 1.807) is 0 Å². The molecule has 0 fully saturated rings. The Morgan fingerprint density at radius 2 is 1.15 bits per heavy atom. The molecule has 0 bridgehead atoms. The first kappa shape index (κ1) is 26.1. The first-order valence-corrected chi connectivity index (χ1v) is 9.23. The lowest BCUT2D eigenvalue weighted by Gasteiger charge is -2.09. The zero-order chi connectivity index (χ0) is 19.8. The summed E-state index contributed by atoms with van der Waals surface area (Å²) in [5.74, 6) is 0. The molecular formula is C17H35FN2O7. The molecule has 0 saturated carbocycles. The van der Waals surface area contributed by atoms with Crippen molar-refractivity contribution in [3.8, 4) is 0 Å². The maximum Gasteiger partial charge on any atom is 0.207 e. The molecule has 0 aliphatic carbocycles. The number of hydrogen-bond donors (Lipinski definition) is 2. The molecule has 0 aliphatic rings. The van der Waals surface area contributed by atoms with E-state index in [9.17, 15) is 9.18 Å². The Balaban J connectivity index is 3.04. The van der Waals surface area contributed by atoms with Crippen molar-refractivity contribution in [2.45, 2.75) is 6.17 Å². The van der Waals surface area contributed by atoms with Crippen LogP contribution in [0.1, 0.15) is 0 Å². The number of alkyl halides is 1. The predicted octanol–water partition coefficient (Wildman–Crippen LogP) is -0.610. The van der Waals surface area contributed by atoms with Crippen LogP contribution in [0, 0.1) is 0 Å². The van der Waals surface area contributed by atoms with Gasteiger partial charge in [-0.3, -0.25) is 4.79 Å². The summed E-state index contributed by atoms with van der Waals surface area (Å²) in [6.45, 7) is 6.15. The van der Waals surface area contributed by atoms with E-state index < -0.39 is 6.17 Å². The van der Waals surface area contributed by atoms with Gasteiger partial charge in [0, 0.05) is 6.54 Å². The average Bonchev–Trinajstić information content (AvgIpc) is 2.68. The number of nitrogens with one attached hydrogen (secondary N) is 2. The second-order valence-corrected chi connectivity index (χ2v) is 5.36. The summed E-state index contributed by atoms with van der Waals surface area (Å²) in [6, 6.07) is 0. The first-order valence-electron chi connectivity index (χ1n) is 9.23. The monoisotopic (exact) mass is 398 g/mol. The van der Waals surface area contributed by atoms with Crippen LogP contribution in [-0.2, 0) is 33.2 Å². The first-order chi connectivity index (χ1) is 13.3. The third-order valence-electron chi connectivity index (χ3n) is 3.08. The fraction of sp³-hybridized carbons (Fsp3) is 0.941. The maximum atomic E-state index is 13.1. The summed E-state index contributed by atoms with van der Waals surface area (Å²) in [6.07, 6.45) is -0.751. The molecule has 0 aliphatic heterocycles. The Kier molecular flexibility index (Phi) is 22.4. The minimum absolute atomic E-state index is 0.0439. The molecule has 0 aromatic carbocycles. The molecule has 9 nitrogen and oxygen atoms in total. The van der Waals surface area contributed by atoms with E-state index in [0.29, 0.717) is 79.1 Å². The van der Waals surface area contributed by atoms with Crippen LogP contribution in [0.5, 0.6) is 0 Å². The van der Waals surface area contributed by atoms with E-state index in [0.717, 1.165) is 6.54 Å². The molecule has 27 heavy (non-hydrogen) atoms. The summed E-state index contributed by atoms with van der Waals surface area (Å²) in [5, 5.41) is 5.25. The van der Waals surface area contributed by atoms with Gasteiger partial charge in [0.25, 0.3) is 0 Å². The fourth-order valence-electron chi connectivity index (χ4n) is 1.72. The molecule has 2 N–H and O–H groups in total. The number of hydrogen-bond acceptors (Lipinski definition) is 8. The van der Waals surface area contributed by atoms with Gasteiger partial charge in [-0.25, -0.2) is 4.39 Å². The van der Waals surface area contributed by atoms with Crippen LogP contribution in [0.15, 0.2) is 0 Å². The quantitative estimate of drug-likeness (QED) is 0.174. The Labute approximate surface area is 161 Å². The van der Waals surface area contributed by atoms with Gasteiger partial charge >= 0.3 is 0 Å². The molecule has 0 aromatic heterocycles. The van der Waals surface area contributed by atoms with E-state index in [4.69, 9.17) is 28.4 Å². The van der Waals surface area contributed by atoms with Crippen molar-refractivity contribution in [1.29, 1.82) is 0 Å². The van der Waals surface area contributed by atoms with E-state index in [1.165, 1.54) is 0 Å². The molecule has 1 unspecified atom stereocenters. The number of carbonyl (C=O) groups excluding carboxylic acids is 1. The van der Waals surface area contributed by atoms with Gasteiger partial charge in [-0.2, -0.15) is 0 Å². The summed E-state index contributed by atoms with van der Waals surface area (Å²) < 4.78 is 44.8. The lowest BCUT2D eigenvalue weighted by molar-refractivity contribution is -0.109. The Hall–Kier alpha value is -0.880. The second kappa shape index (κ2) is 23.2. The van der Waals surface area contributed by atoms with Crippen LogP contribution < -0.4 is 10.6 Å².